The Bertz CT molecular complexity index is 919. The summed E-state index contributed by atoms with van der Waals surface area (Å²) < 4.78 is 21.8. The monoisotopic (exact) mass is 356 g/mol. The van der Waals surface area contributed by atoms with Gasteiger partial charge in [0.25, 0.3) is 0 Å². The summed E-state index contributed by atoms with van der Waals surface area (Å²) in [6.45, 7) is 0. The molecule has 0 radical (unpaired) electrons. The maximum atomic E-state index is 13.8. The second-order valence-corrected chi connectivity index (χ2v) is 6.70. The van der Waals surface area contributed by atoms with Crippen molar-refractivity contribution in [2.75, 3.05) is 5.32 Å². The molecule has 0 saturated heterocycles. The van der Waals surface area contributed by atoms with Crippen LogP contribution in [0.15, 0.2) is 36.8 Å². The average molecular weight is 356 g/mol. The number of ether oxygens (including phenoxy) is 1. The zero-order valence-corrected chi connectivity index (χ0v) is 14.5. The van der Waals surface area contributed by atoms with Crippen LogP contribution in [0, 0.1) is 5.82 Å². The second-order valence-electron chi connectivity index (χ2n) is 6.70. The van der Waals surface area contributed by atoms with Gasteiger partial charge in [-0.3, -0.25) is 0 Å². The van der Waals surface area contributed by atoms with Crippen LogP contribution in [0.1, 0.15) is 25.7 Å². The predicted molar refractivity (Wildman–Crippen MR) is 97.1 cm³/mol. The molecule has 1 aromatic carbocycles. The van der Waals surface area contributed by atoms with Crippen LogP contribution < -0.4 is 10.1 Å². The number of fused-ring (bicyclic) bond motifs is 1. The first-order chi connectivity index (χ1) is 12.6. The first kappa shape index (κ1) is 16.8. The van der Waals surface area contributed by atoms with Crippen LogP contribution in [0.2, 0.25) is 0 Å². The maximum Gasteiger partial charge on any atom is 0.158 e. The molecule has 2 N–H and O–H groups in total. The molecule has 6 nitrogen and oxygen atoms in total. The van der Waals surface area contributed by atoms with Crippen LogP contribution in [0.5, 0.6) is 5.75 Å². The van der Waals surface area contributed by atoms with E-state index in [1.165, 1.54) is 18.5 Å². The van der Waals surface area contributed by atoms with E-state index in [1.54, 1.807) is 6.07 Å². The Morgan fingerprint density at radius 3 is 2.81 bits per heavy atom. The Morgan fingerprint density at radius 2 is 2.00 bits per heavy atom. The standard InChI is InChI=1S/C19H21FN4O2/c1-24-9-8-16-18(24)19(22-11-21-16)23-15-7-2-12(20)10-17(15)26-14-5-3-13(25)4-6-14/h2,7-11,13-14,25H,3-6H2,1H3,(H,21,22,23). The van der Waals surface area contributed by atoms with Gasteiger partial charge >= 0.3 is 0 Å². The van der Waals surface area contributed by atoms with Gasteiger partial charge in [-0.15, -0.1) is 0 Å². The lowest BCUT2D eigenvalue weighted by Gasteiger charge is -2.27. The summed E-state index contributed by atoms with van der Waals surface area (Å²) in [4.78, 5) is 8.58. The number of nitrogens with zero attached hydrogens (tertiary/aromatic N) is 3. The second kappa shape index (κ2) is 6.92. The Balaban J connectivity index is 1.63. The van der Waals surface area contributed by atoms with Gasteiger partial charge in [0.15, 0.2) is 5.82 Å². The largest absolute Gasteiger partial charge is 0.488 e. The summed E-state index contributed by atoms with van der Waals surface area (Å²) in [6, 6.07) is 6.34. The molecule has 26 heavy (non-hydrogen) atoms. The molecule has 3 aromatic rings. The molecular weight excluding hydrogens is 335 g/mol. The fourth-order valence-electron chi connectivity index (χ4n) is 3.38. The van der Waals surface area contributed by atoms with E-state index in [2.05, 4.69) is 15.3 Å². The molecule has 0 spiro atoms. The van der Waals surface area contributed by atoms with Crippen molar-refractivity contribution in [2.24, 2.45) is 7.05 Å². The quantitative estimate of drug-likeness (QED) is 0.748. The van der Waals surface area contributed by atoms with Gasteiger partial charge in [-0.1, -0.05) is 0 Å². The third-order valence-electron chi connectivity index (χ3n) is 4.79. The molecule has 0 aliphatic heterocycles. The molecule has 0 atom stereocenters. The lowest BCUT2D eigenvalue weighted by molar-refractivity contribution is 0.0668. The molecule has 136 valence electrons. The number of aryl methyl sites for hydroxylation is 1. The fourth-order valence-corrected chi connectivity index (χ4v) is 3.38. The molecule has 0 amide bonds. The molecule has 2 aromatic heterocycles. The minimum absolute atomic E-state index is 0.0267. The van der Waals surface area contributed by atoms with Crippen LogP contribution in [-0.2, 0) is 7.05 Å². The van der Waals surface area contributed by atoms with Crippen LogP contribution in [0.3, 0.4) is 0 Å². The van der Waals surface area contributed by atoms with E-state index in [0.29, 0.717) is 30.1 Å². The van der Waals surface area contributed by atoms with Crippen LogP contribution in [0.4, 0.5) is 15.9 Å². The van der Waals surface area contributed by atoms with Gasteiger partial charge < -0.3 is 19.7 Å². The highest BCUT2D eigenvalue weighted by Crippen LogP contribution is 2.33. The lowest BCUT2D eigenvalue weighted by Crippen LogP contribution is -2.26. The van der Waals surface area contributed by atoms with E-state index in [4.69, 9.17) is 4.74 Å². The smallest absolute Gasteiger partial charge is 0.158 e. The zero-order valence-electron chi connectivity index (χ0n) is 14.5. The van der Waals surface area contributed by atoms with Crippen molar-refractivity contribution in [1.29, 1.82) is 0 Å². The molecule has 0 bridgehead atoms. The third-order valence-corrected chi connectivity index (χ3v) is 4.79. The minimum atomic E-state index is -0.354. The number of hydrogen-bond acceptors (Lipinski definition) is 5. The highest BCUT2D eigenvalue weighted by atomic mass is 19.1. The molecule has 2 heterocycles. The van der Waals surface area contributed by atoms with Crippen molar-refractivity contribution in [3.8, 4) is 5.75 Å². The van der Waals surface area contributed by atoms with Gasteiger partial charge in [0, 0.05) is 19.3 Å². The highest BCUT2D eigenvalue weighted by molar-refractivity contribution is 5.88. The lowest BCUT2D eigenvalue weighted by atomic mass is 9.95. The Kier molecular flexibility index (Phi) is 4.46. The number of aliphatic hydroxyl groups excluding tert-OH is 1. The molecule has 1 fully saturated rings. The van der Waals surface area contributed by atoms with Crippen LogP contribution in [0.25, 0.3) is 11.0 Å². The van der Waals surface area contributed by atoms with Gasteiger partial charge in [-0.2, -0.15) is 0 Å². The molecule has 1 aliphatic rings. The number of aliphatic hydroxyl groups is 1. The average Bonchev–Trinajstić information content (AvgIpc) is 3.01. The van der Waals surface area contributed by atoms with Crippen molar-refractivity contribution in [3.05, 3.63) is 42.6 Å². The molecule has 1 saturated carbocycles. The van der Waals surface area contributed by atoms with Crippen molar-refractivity contribution in [2.45, 2.75) is 37.9 Å². The summed E-state index contributed by atoms with van der Waals surface area (Å²) in [7, 11) is 1.92. The summed E-state index contributed by atoms with van der Waals surface area (Å²) >= 11 is 0. The van der Waals surface area contributed by atoms with Gasteiger partial charge in [0.2, 0.25) is 0 Å². The number of aromatic nitrogens is 3. The van der Waals surface area contributed by atoms with Gasteiger partial charge in [-0.25, -0.2) is 14.4 Å². The summed E-state index contributed by atoms with van der Waals surface area (Å²) in [6.07, 6.45) is 6.06. The van der Waals surface area contributed by atoms with E-state index in [9.17, 15) is 9.50 Å². The van der Waals surface area contributed by atoms with E-state index in [0.717, 1.165) is 23.9 Å². The molecular formula is C19H21FN4O2. The SMILES string of the molecule is Cn1ccc2ncnc(Nc3ccc(F)cc3OC3CCC(O)CC3)c21. The maximum absolute atomic E-state index is 13.8. The summed E-state index contributed by atoms with van der Waals surface area (Å²) in [5.74, 6) is 0.735. The van der Waals surface area contributed by atoms with Crippen molar-refractivity contribution in [1.82, 2.24) is 14.5 Å². The summed E-state index contributed by atoms with van der Waals surface area (Å²) in [5, 5.41) is 12.9. The van der Waals surface area contributed by atoms with E-state index in [1.807, 2.05) is 23.9 Å². The van der Waals surface area contributed by atoms with E-state index >= 15 is 0 Å². The van der Waals surface area contributed by atoms with Crippen molar-refractivity contribution < 1.29 is 14.2 Å². The summed E-state index contributed by atoms with van der Waals surface area (Å²) in [5.41, 5.74) is 2.35. The molecule has 1 aliphatic carbocycles. The Morgan fingerprint density at radius 1 is 1.19 bits per heavy atom. The first-order valence-corrected chi connectivity index (χ1v) is 8.77. The highest BCUT2D eigenvalue weighted by Gasteiger charge is 2.22. The molecule has 4 rings (SSSR count). The van der Waals surface area contributed by atoms with Gasteiger partial charge in [-0.05, 0) is 43.9 Å². The molecule has 0 unspecified atom stereocenters. The number of nitrogens with one attached hydrogen (secondary N) is 1. The number of halogens is 1. The Labute approximate surface area is 150 Å². The number of anilines is 2. The number of hydrogen-bond donors (Lipinski definition) is 2. The van der Waals surface area contributed by atoms with Gasteiger partial charge in [0.1, 0.15) is 23.4 Å². The van der Waals surface area contributed by atoms with E-state index in [-0.39, 0.29) is 18.0 Å². The van der Waals surface area contributed by atoms with Crippen LogP contribution in [-0.4, -0.2) is 31.8 Å². The predicted octanol–water partition coefficient (Wildman–Crippen LogP) is 3.53. The van der Waals surface area contributed by atoms with Crippen molar-refractivity contribution in [3.63, 3.8) is 0 Å². The van der Waals surface area contributed by atoms with Gasteiger partial charge in [0.05, 0.1) is 23.4 Å². The van der Waals surface area contributed by atoms with E-state index < -0.39 is 0 Å². The minimum Gasteiger partial charge on any atom is -0.488 e. The topological polar surface area (TPSA) is 72.2 Å². The zero-order chi connectivity index (χ0) is 18.1. The molecule has 7 heteroatoms. The fraction of sp³-hybridized carbons (Fsp3) is 0.368. The normalized spacial score (nSPS) is 20.3. The number of rotatable bonds is 4. The Hall–Kier alpha value is -2.67. The van der Waals surface area contributed by atoms with Crippen LogP contribution >= 0.6 is 0 Å². The van der Waals surface area contributed by atoms with Crippen molar-refractivity contribution >= 4 is 22.5 Å². The number of benzene rings is 1. The third kappa shape index (κ3) is 3.35. The first-order valence-electron chi connectivity index (χ1n) is 8.77.